The summed E-state index contributed by atoms with van der Waals surface area (Å²) in [6.07, 6.45) is 33.1. The zero-order chi connectivity index (χ0) is 21.6. The number of amides is 1. The molecule has 0 saturated heterocycles. The van der Waals surface area contributed by atoms with Gasteiger partial charge in [0.2, 0.25) is 5.91 Å². The van der Waals surface area contributed by atoms with Crippen LogP contribution in [0.4, 0.5) is 0 Å². The number of hydrogen-bond donors (Lipinski definition) is 2. The normalized spacial score (nSPS) is 13.4. The molecule has 0 atom stereocenters. The third-order valence-corrected chi connectivity index (χ3v) is 3.85. The van der Waals surface area contributed by atoms with Gasteiger partial charge in [-0.2, -0.15) is 0 Å². The second-order valence-corrected chi connectivity index (χ2v) is 7.54. The SMILES string of the molecule is CC/C=C/C/C=C/C/C=C/C/C=C/C/C=C/C/C=C/CCC(=O)NCC(C)(C)O. The standard InChI is InChI=1S/C26H41NO2/c1-4-5-6-7-8-9-10-11-12-13-14-15-16-17-18-19-20-21-22-23-25(28)27-24-26(2,3)29/h5-6,8-9,11-12,14-15,17-18,20-21,29H,4,7,10,13,16,19,22-24H2,1-3H3,(H,27,28)/b6-5+,9-8+,12-11+,15-14+,18-17+,21-20+. The molecule has 0 radical (unpaired) electrons. The van der Waals surface area contributed by atoms with Crippen molar-refractivity contribution in [3.63, 3.8) is 0 Å². The molecule has 0 aliphatic rings. The molecule has 0 fully saturated rings. The van der Waals surface area contributed by atoms with Crippen LogP contribution in [0, 0.1) is 0 Å². The summed E-state index contributed by atoms with van der Waals surface area (Å²) in [6, 6.07) is 0. The smallest absolute Gasteiger partial charge is 0.220 e. The van der Waals surface area contributed by atoms with E-state index in [-0.39, 0.29) is 12.5 Å². The predicted octanol–water partition coefficient (Wildman–Crippen LogP) is 6.35. The van der Waals surface area contributed by atoms with Crippen molar-refractivity contribution in [2.75, 3.05) is 6.54 Å². The Kier molecular flexibility index (Phi) is 17.8. The van der Waals surface area contributed by atoms with Gasteiger partial charge in [0.1, 0.15) is 0 Å². The van der Waals surface area contributed by atoms with Gasteiger partial charge >= 0.3 is 0 Å². The first-order valence-corrected chi connectivity index (χ1v) is 10.8. The van der Waals surface area contributed by atoms with E-state index in [1.165, 1.54) is 0 Å². The molecule has 0 aromatic rings. The Morgan fingerprint density at radius 2 is 1.10 bits per heavy atom. The van der Waals surface area contributed by atoms with Crippen molar-refractivity contribution >= 4 is 5.91 Å². The van der Waals surface area contributed by atoms with E-state index in [0.29, 0.717) is 6.42 Å². The van der Waals surface area contributed by atoms with Crippen molar-refractivity contribution in [1.29, 1.82) is 0 Å². The lowest BCUT2D eigenvalue weighted by atomic mass is 10.1. The average molecular weight is 400 g/mol. The Morgan fingerprint density at radius 3 is 1.48 bits per heavy atom. The number of aliphatic hydroxyl groups is 1. The minimum Gasteiger partial charge on any atom is -0.389 e. The second-order valence-electron chi connectivity index (χ2n) is 7.54. The Morgan fingerprint density at radius 1 is 0.724 bits per heavy atom. The molecule has 29 heavy (non-hydrogen) atoms. The van der Waals surface area contributed by atoms with E-state index in [0.717, 1.165) is 44.9 Å². The van der Waals surface area contributed by atoms with Gasteiger partial charge < -0.3 is 10.4 Å². The van der Waals surface area contributed by atoms with Crippen molar-refractivity contribution in [2.45, 2.75) is 77.7 Å². The van der Waals surface area contributed by atoms with Crippen LogP contribution >= 0.6 is 0 Å². The molecule has 0 aliphatic carbocycles. The van der Waals surface area contributed by atoms with E-state index in [4.69, 9.17) is 0 Å². The molecule has 3 heteroatoms. The van der Waals surface area contributed by atoms with Crippen molar-refractivity contribution in [2.24, 2.45) is 0 Å². The fraction of sp³-hybridized carbons (Fsp3) is 0.500. The maximum absolute atomic E-state index is 11.6. The fourth-order valence-corrected chi connectivity index (χ4v) is 2.26. The van der Waals surface area contributed by atoms with E-state index < -0.39 is 5.60 Å². The highest BCUT2D eigenvalue weighted by atomic mass is 16.3. The number of nitrogens with one attached hydrogen (secondary N) is 1. The Labute approximate surface area is 178 Å². The molecule has 3 nitrogen and oxygen atoms in total. The Hall–Kier alpha value is -2.13. The van der Waals surface area contributed by atoms with Crippen molar-refractivity contribution in [3.05, 3.63) is 72.9 Å². The van der Waals surface area contributed by atoms with E-state index in [1.54, 1.807) is 13.8 Å². The first-order chi connectivity index (χ1) is 14.0. The lowest BCUT2D eigenvalue weighted by Gasteiger charge is -2.17. The topological polar surface area (TPSA) is 49.3 Å². The van der Waals surface area contributed by atoms with Gasteiger partial charge in [0, 0.05) is 13.0 Å². The summed E-state index contributed by atoms with van der Waals surface area (Å²) < 4.78 is 0. The zero-order valence-corrected chi connectivity index (χ0v) is 18.6. The molecule has 0 unspecified atom stereocenters. The molecule has 0 aromatic heterocycles. The van der Waals surface area contributed by atoms with Crippen LogP contribution in [0.3, 0.4) is 0 Å². The van der Waals surface area contributed by atoms with Crippen LogP contribution in [0.5, 0.6) is 0 Å². The molecule has 2 N–H and O–H groups in total. The third kappa shape index (κ3) is 23.8. The summed E-state index contributed by atoms with van der Waals surface area (Å²) in [7, 11) is 0. The molecule has 0 aromatic carbocycles. The van der Waals surface area contributed by atoms with Gasteiger partial charge in [0.25, 0.3) is 0 Å². The van der Waals surface area contributed by atoms with Crippen LogP contribution in [0.15, 0.2) is 72.9 Å². The van der Waals surface area contributed by atoms with Crippen LogP contribution in [0.2, 0.25) is 0 Å². The average Bonchev–Trinajstić information content (AvgIpc) is 2.67. The van der Waals surface area contributed by atoms with Crippen molar-refractivity contribution in [1.82, 2.24) is 5.32 Å². The van der Waals surface area contributed by atoms with Gasteiger partial charge in [-0.1, -0.05) is 79.8 Å². The summed E-state index contributed by atoms with van der Waals surface area (Å²) in [5.74, 6) is -0.0216. The number of allylic oxidation sites excluding steroid dienone is 12. The van der Waals surface area contributed by atoms with Crippen LogP contribution in [0.25, 0.3) is 0 Å². The fourth-order valence-electron chi connectivity index (χ4n) is 2.26. The Balaban J connectivity index is 3.61. The van der Waals surface area contributed by atoms with Crippen LogP contribution in [-0.4, -0.2) is 23.2 Å². The minimum atomic E-state index is -0.857. The molecular weight excluding hydrogens is 358 g/mol. The largest absolute Gasteiger partial charge is 0.389 e. The summed E-state index contributed by atoms with van der Waals surface area (Å²) in [5, 5.41) is 12.3. The van der Waals surface area contributed by atoms with Gasteiger partial charge in [-0.3, -0.25) is 4.79 Å². The third-order valence-electron chi connectivity index (χ3n) is 3.85. The maximum Gasteiger partial charge on any atom is 0.220 e. The van der Waals surface area contributed by atoms with Gasteiger partial charge in [0.15, 0.2) is 0 Å². The molecule has 0 heterocycles. The number of hydrogen-bond acceptors (Lipinski definition) is 2. The maximum atomic E-state index is 11.6. The van der Waals surface area contributed by atoms with Crippen molar-refractivity contribution < 1.29 is 9.90 Å². The highest BCUT2D eigenvalue weighted by Gasteiger charge is 2.12. The van der Waals surface area contributed by atoms with Gasteiger partial charge in [-0.15, -0.1) is 0 Å². The summed E-state index contributed by atoms with van der Waals surface area (Å²) in [6.45, 7) is 5.80. The van der Waals surface area contributed by atoms with Crippen LogP contribution < -0.4 is 5.32 Å². The van der Waals surface area contributed by atoms with E-state index in [2.05, 4.69) is 79.1 Å². The minimum absolute atomic E-state index is 0.0216. The molecule has 0 rings (SSSR count). The van der Waals surface area contributed by atoms with E-state index >= 15 is 0 Å². The molecule has 1 amide bonds. The lowest BCUT2D eigenvalue weighted by Crippen LogP contribution is -2.38. The number of carbonyl (C=O) groups excluding carboxylic acids is 1. The highest BCUT2D eigenvalue weighted by molar-refractivity contribution is 5.76. The first-order valence-electron chi connectivity index (χ1n) is 10.8. The quantitative estimate of drug-likeness (QED) is 0.297. The van der Waals surface area contributed by atoms with Crippen molar-refractivity contribution in [3.8, 4) is 0 Å². The second kappa shape index (κ2) is 19.2. The molecule has 0 spiro atoms. The summed E-state index contributed by atoms with van der Waals surface area (Å²) >= 11 is 0. The van der Waals surface area contributed by atoms with E-state index in [9.17, 15) is 9.90 Å². The van der Waals surface area contributed by atoms with Gasteiger partial charge in [-0.05, 0) is 58.8 Å². The lowest BCUT2D eigenvalue weighted by molar-refractivity contribution is -0.122. The van der Waals surface area contributed by atoms with Crippen LogP contribution in [-0.2, 0) is 4.79 Å². The summed E-state index contributed by atoms with van der Waals surface area (Å²) in [4.78, 5) is 11.6. The number of carbonyl (C=O) groups is 1. The Bertz CT molecular complexity index is 572. The first kappa shape index (κ1) is 26.9. The monoisotopic (exact) mass is 399 g/mol. The molecule has 0 aliphatic heterocycles. The van der Waals surface area contributed by atoms with Crippen LogP contribution in [0.1, 0.15) is 72.1 Å². The highest BCUT2D eigenvalue weighted by Crippen LogP contribution is 2.00. The molecule has 0 saturated carbocycles. The van der Waals surface area contributed by atoms with E-state index in [1.807, 2.05) is 6.08 Å². The zero-order valence-electron chi connectivity index (χ0n) is 18.6. The molecular formula is C26H41NO2. The number of rotatable bonds is 16. The van der Waals surface area contributed by atoms with Gasteiger partial charge in [-0.25, -0.2) is 0 Å². The predicted molar refractivity (Wildman–Crippen MR) is 127 cm³/mol. The van der Waals surface area contributed by atoms with Gasteiger partial charge in [0.05, 0.1) is 5.60 Å². The molecule has 0 bridgehead atoms. The summed E-state index contributed by atoms with van der Waals surface area (Å²) in [5.41, 5.74) is -0.857. The molecule has 162 valence electrons.